The van der Waals surface area contributed by atoms with Crippen LogP contribution in [0.15, 0.2) is 18.2 Å². The lowest BCUT2D eigenvalue weighted by Crippen LogP contribution is -2.31. The molecule has 0 aliphatic rings. The molecule has 1 aromatic carbocycles. The highest BCUT2D eigenvalue weighted by molar-refractivity contribution is 5.79. The van der Waals surface area contributed by atoms with Gasteiger partial charge < -0.3 is 4.74 Å². The summed E-state index contributed by atoms with van der Waals surface area (Å²) in [6.45, 7) is 19.1. The van der Waals surface area contributed by atoms with Gasteiger partial charge in [-0.2, -0.15) is 0 Å². The molecule has 1 aromatic rings. The van der Waals surface area contributed by atoms with Gasteiger partial charge in [-0.3, -0.25) is 4.79 Å². The lowest BCUT2D eigenvalue weighted by atomic mass is 9.80. The molecule has 2 heteroatoms. The van der Waals surface area contributed by atoms with Gasteiger partial charge in [0.05, 0.1) is 5.41 Å². The first-order valence-corrected chi connectivity index (χ1v) is 8.72. The Morgan fingerprint density at radius 2 is 1.43 bits per heavy atom. The van der Waals surface area contributed by atoms with Gasteiger partial charge in [0.2, 0.25) is 0 Å². The molecule has 0 radical (unpaired) electrons. The molecule has 1 rings (SSSR count). The third-order valence-corrected chi connectivity index (χ3v) is 4.91. The number of ether oxygens (including phenoxy) is 1. The van der Waals surface area contributed by atoms with Crippen LogP contribution in [0.1, 0.15) is 86.3 Å². The molecule has 0 N–H and O–H groups in total. The van der Waals surface area contributed by atoms with E-state index in [0.29, 0.717) is 5.75 Å². The number of benzene rings is 1. The maximum absolute atomic E-state index is 12.6. The molecule has 0 amide bonds. The van der Waals surface area contributed by atoms with Gasteiger partial charge in [0.1, 0.15) is 5.75 Å². The van der Waals surface area contributed by atoms with Crippen molar-refractivity contribution in [2.45, 2.75) is 86.0 Å². The highest BCUT2D eigenvalue weighted by Crippen LogP contribution is 2.37. The molecule has 0 aliphatic carbocycles. The van der Waals surface area contributed by atoms with E-state index >= 15 is 0 Å². The van der Waals surface area contributed by atoms with Gasteiger partial charge in [-0.1, -0.05) is 67.5 Å². The third-order valence-electron chi connectivity index (χ3n) is 4.91. The Bertz CT molecular complexity index is 552. The summed E-state index contributed by atoms with van der Waals surface area (Å²) in [5, 5.41) is 0. The Balaban J connectivity index is 3.29. The predicted molar refractivity (Wildman–Crippen MR) is 98.2 cm³/mol. The van der Waals surface area contributed by atoms with Crippen molar-refractivity contribution in [3.63, 3.8) is 0 Å². The fourth-order valence-electron chi connectivity index (χ4n) is 2.43. The Morgan fingerprint density at radius 3 is 1.83 bits per heavy atom. The minimum Gasteiger partial charge on any atom is -0.426 e. The van der Waals surface area contributed by atoms with Crippen molar-refractivity contribution in [3.8, 4) is 5.75 Å². The molecule has 0 fully saturated rings. The Morgan fingerprint density at radius 1 is 0.913 bits per heavy atom. The fraction of sp³-hybridized carbons (Fsp3) is 0.667. The molecule has 0 bridgehead atoms. The smallest absolute Gasteiger partial charge is 0.317 e. The summed E-state index contributed by atoms with van der Waals surface area (Å²) in [6.07, 6.45) is 1.57. The summed E-state index contributed by atoms with van der Waals surface area (Å²) in [5.74, 6) is 0.570. The zero-order valence-electron chi connectivity index (χ0n) is 16.5. The van der Waals surface area contributed by atoms with Gasteiger partial charge in [-0.25, -0.2) is 0 Å². The lowest BCUT2D eigenvalue weighted by Gasteiger charge is -2.29. The summed E-state index contributed by atoms with van der Waals surface area (Å²) >= 11 is 0. The highest BCUT2D eigenvalue weighted by atomic mass is 16.5. The van der Waals surface area contributed by atoms with E-state index in [4.69, 9.17) is 4.74 Å². The molecule has 130 valence electrons. The Kier molecular flexibility index (Phi) is 5.72. The number of hydrogen-bond acceptors (Lipinski definition) is 2. The molecule has 23 heavy (non-hydrogen) atoms. The second kappa shape index (κ2) is 6.67. The first-order chi connectivity index (χ1) is 10.3. The average molecular weight is 319 g/mol. The summed E-state index contributed by atoms with van der Waals surface area (Å²) in [6, 6.07) is 6.23. The quantitative estimate of drug-likeness (QED) is 0.501. The monoisotopic (exact) mass is 318 g/mol. The van der Waals surface area contributed by atoms with E-state index in [2.05, 4.69) is 53.7 Å². The van der Waals surface area contributed by atoms with Crippen molar-refractivity contribution in [3.05, 3.63) is 29.3 Å². The van der Waals surface area contributed by atoms with E-state index in [0.717, 1.165) is 18.4 Å². The maximum Gasteiger partial charge on any atom is 0.317 e. The van der Waals surface area contributed by atoms with Gasteiger partial charge in [0.25, 0.3) is 0 Å². The largest absolute Gasteiger partial charge is 0.426 e. The van der Waals surface area contributed by atoms with Crippen LogP contribution in [0.25, 0.3) is 0 Å². The summed E-state index contributed by atoms with van der Waals surface area (Å²) in [4.78, 5) is 12.6. The number of esters is 1. The Hall–Kier alpha value is -1.31. The molecule has 0 saturated heterocycles. The summed E-state index contributed by atoms with van der Waals surface area (Å²) in [7, 11) is 0. The van der Waals surface area contributed by atoms with Crippen LogP contribution >= 0.6 is 0 Å². The standard InChI is InChI=1S/C21H34O2/c1-10-21(9,11-2)18(22)23-17-13-12-15(19(3,4)5)14-16(17)20(6,7)8/h12-14H,10-11H2,1-9H3. The van der Waals surface area contributed by atoms with E-state index in [9.17, 15) is 4.79 Å². The van der Waals surface area contributed by atoms with E-state index in [-0.39, 0.29) is 16.8 Å². The third kappa shape index (κ3) is 4.59. The van der Waals surface area contributed by atoms with E-state index in [1.54, 1.807) is 0 Å². The molecule has 0 saturated carbocycles. The minimum atomic E-state index is -0.419. The average Bonchev–Trinajstić information content (AvgIpc) is 2.44. The van der Waals surface area contributed by atoms with Crippen molar-refractivity contribution in [2.75, 3.05) is 0 Å². The molecule has 0 atom stereocenters. The van der Waals surface area contributed by atoms with Crippen LogP contribution in [-0.4, -0.2) is 5.97 Å². The maximum atomic E-state index is 12.6. The second-order valence-electron chi connectivity index (χ2n) is 8.87. The molecule has 0 unspecified atom stereocenters. The zero-order valence-corrected chi connectivity index (χ0v) is 16.5. The van der Waals surface area contributed by atoms with Crippen LogP contribution in [0.5, 0.6) is 5.75 Å². The van der Waals surface area contributed by atoms with Gasteiger partial charge >= 0.3 is 5.97 Å². The van der Waals surface area contributed by atoms with Gasteiger partial charge in [0, 0.05) is 5.56 Å². The molecule has 2 nitrogen and oxygen atoms in total. The summed E-state index contributed by atoms with van der Waals surface area (Å²) in [5.41, 5.74) is 1.93. The van der Waals surface area contributed by atoms with E-state index < -0.39 is 5.41 Å². The van der Waals surface area contributed by atoms with Crippen molar-refractivity contribution >= 4 is 5.97 Å². The van der Waals surface area contributed by atoms with Crippen LogP contribution in [0, 0.1) is 5.41 Å². The van der Waals surface area contributed by atoms with Crippen LogP contribution in [0.4, 0.5) is 0 Å². The second-order valence-corrected chi connectivity index (χ2v) is 8.87. The van der Waals surface area contributed by atoms with Crippen LogP contribution in [0.2, 0.25) is 0 Å². The topological polar surface area (TPSA) is 26.3 Å². The molecule has 0 heterocycles. The van der Waals surface area contributed by atoms with Gasteiger partial charge in [-0.15, -0.1) is 0 Å². The molecular formula is C21H34O2. The van der Waals surface area contributed by atoms with Crippen molar-refractivity contribution in [1.29, 1.82) is 0 Å². The molecular weight excluding hydrogens is 284 g/mol. The SMILES string of the molecule is CCC(C)(CC)C(=O)Oc1ccc(C(C)(C)C)cc1C(C)(C)C. The van der Waals surface area contributed by atoms with Crippen molar-refractivity contribution in [1.82, 2.24) is 0 Å². The van der Waals surface area contributed by atoms with E-state index in [1.807, 2.05) is 26.8 Å². The molecule has 0 aliphatic heterocycles. The minimum absolute atomic E-state index is 0.0733. The summed E-state index contributed by atoms with van der Waals surface area (Å²) < 4.78 is 5.85. The number of hydrogen-bond donors (Lipinski definition) is 0. The zero-order chi connectivity index (χ0) is 18.1. The predicted octanol–water partition coefficient (Wildman–Crippen LogP) is 6.01. The van der Waals surface area contributed by atoms with Crippen LogP contribution in [0.3, 0.4) is 0 Å². The fourth-order valence-corrected chi connectivity index (χ4v) is 2.43. The van der Waals surface area contributed by atoms with Gasteiger partial charge in [0.15, 0.2) is 0 Å². The first-order valence-electron chi connectivity index (χ1n) is 8.72. The molecule has 0 spiro atoms. The molecule has 0 aromatic heterocycles. The normalized spacial score (nSPS) is 13.1. The van der Waals surface area contributed by atoms with Crippen LogP contribution in [-0.2, 0) is 15.6 Å². The highest BCUT2D eigenvalue weighted by Gasteiger charge is 2.33. The number of carbonyl (C=O) groups is 1. The van der Waals surface area contributed by atoms with Gasteiger partial charge in [-0.05, 0) is 42.2 Å². The van der Waals surface area contributed by atoms with Crippen molar-refractivity contribution in [2.24, 2.45) is 5.41 Å². The van der Waals surface area contributed by atoms with Crippen molar-refractivity contribution < 1.29 is 9.53 Å². The number of carbonyl (C=O) groups excluding carboxylic acids is 1. The number of rotatable bonds is 4. The lowest BCUT2D eigenvalue weighted by molar-refractivity contribution is -0.145. The Labute approximate surface area is 142 Å². The van der Waals surface area contributed by atoms with Crippen LogP contribution < -0.4 is 4.74 Å². The van der Waals surface area contributed by atoms with E-state index in [1.165, 1.54) is 5.56 Å². The first kappa shape index (κ1) is 19.7.